The molecule has 148 valence electrons. The number of rotatable bonds is 3. The molecule has 3 aliphatic heterocycles. The van der Waals surface area contributed by atoms with Crippen molar-refractivity contribution in [2.75, 3.05) is 39.4 Å². The third-order valence-corrected chi connectivity index (χ3v) is 5.78. The number of halogens is 3. The highest BCUT2D eigenvalue weighted by molar-refractivity contribution is 5.77. The molecule has 0 bridgehead atoms. The highest BCUT2D eigenvalue weighted by atomic mass is 19.4. The SMILES string of the molecule is O=C1N(C2CCOCC2)C[C@H]2CN(Cc3ccc(C(F)(F)F)cc3)CCN12. The highest BCUT2D eigenvalue weighted by Gasteiger charge is 2.43. The summed E-state index contributed by atoms with van der Waals surface area (Å²) in [6.07, 6.45) is -2.52. The van der Waals surface area contributed by atoms with Crippen LogP contribution >= 0.6 is 0 Å². The van der Waals surface area contributed by atoms with Gasteiger partial charge >= 0.3 is 12.2 Å². The van der Waals surface area contributed by atoms with Crippen molar-refractivity contribution in [2.24, 2.45) is 0 Å². The van der Waals surface area contributed by atoms with Gasteiger partial charge in [-0.1, -0.05) is 12.1 Å². The number of ether oxygens (including phenoxy) is 1. The van der Waals surface area contributed by atoms with Crippen molar-refractivity contribution in [3.05, 3.63) is 35.4 Å². The first-order chi connectivity index (χ1) is 12.9. The maximum atomic E-state index is 12.7. The van der Waals surface area contributed by atoms with Gasteiger partial charge in [0.2, 0.25) is 0 Å². The zero-order valence-corrected chi connectivity index (χ0v) is 15.1. The first-order valence-electron chi connectivity index (χ1n) is 9.45. The molecule has 0 unspecified atom stereocenters. The molecule has 3 fully saturated rings. The van der Waals surface area contributed by atoms with E-state index in [4.69, 9.17) is 4.74 Å². The molecule has 0 aromatic heterocycles. The number of carbonyl (C=O) groups excluding carboxylic acids is 1. The minimum atomic E-state index is -4.30. The van der Waals surface area contributed by atoms with Crippen LogP contribution in [-0.4, -0.2) is 72.2 Å². The second kappa shape index (κ2) is 7.31. The Labute approximate surface area is 156 Å². The number of urea groups is 1. The lowest BCUT2D eigenvalue weighted by atomic mass is 10.1. The molecule has 1 aromatic carbocycles. The predicted octanol–water partition coefficient (Wildman–Crippen LogP) is 2.81. The fourth-order valence-corrected chi connectivity index (χ4v) is 4.30. The van der Waals surface area contributed by atoms with E-state index in [0.717, 1.165) is 50.2 Å². The highest BCUT2D eigenvalue weighted by Crippen LogP contribution is 2.30. The lowest BCUT2D eigenvalue weighted by molar-refractivity contribution is -0.137. The summed E-state index contributed by atoms with van der Waals surface area (Å²) >= 11 is 0. The van der Waals surface area contributed by atoms with Gasteiger partial charge in [0, 0.05) is 52.0 Å². The van der Waals surface area contributed by atoms with Gasteiger partial charge in [-0.15, -0.1) is 0 Å². The van der Waals surface area contributed by atoms with Gasteiger partial charge in [-0.25, -0.2) is 4.79 Å². The van der Waals surface area contributed by atoms with Crippen LogP contribution < -0.4 is 0 Å². The summed E-state index contributed by atoms with van der Waals surface area (Å²) in [6.45, 7) is 4.92. The van der Waals surface area contributed by atoms with Crippen LogP contribution in [0.15, 0.2) is 24.3 Å². The molecule has 27 heavy (non-hydrogen) atoms. The quantitative estimate of drug-likeness (QED) is 0.805. The summed E-state index contributed by atoms with van der Waals surface area (Å²) in [5.41, 5.74) is 0.242. The molecule has 0 spiro atoms. The van der Waals surface area contributed by atoms with Crippen LogP contribution in [0.3, 0.4) is 0 Å². The number of nitrogens with zero attached hydrogens (tertiary/aromatic N) is 3. The summed E-state index contributed by atoms with van der Waals surface area (Å²) < 4.78 is 43.5. The summed E-state index contributed by atoms with van der Waals surface area (Å²) in [5, 5.41) is 0. The number of amides is 2. The topological polar surface area (TPSA) is 36.0 Å². The molecular formula is C19H24F3N3O2. The average Bonchev–Trinajstić information content (AvgIpc) is 2.98. The van der Waals surface area contributed by atoms with Gasteiger partial charge in [-0.05, 0) is 30.5 Å². The Hall–Kier alpha value is -1.80. The minimum Gasteiger partial charge on any atom is -0.381 e. The van der Waals surface area contributed by atoms with Crippen LogP contribution in [0.1, 0.15) is 24.0 Å². The molecule has 8 heteroatoms. The zero-order valence-electron chi connectivity index (χ0n) is 15.1. The van der Waals surface area contributed by atoms with Gasteiger partial charge in [-0.2, -0.15) is 13.2 Å². The van der Waals surface area contributed by atoms with E-state index in [1.54, 1.807) is 12.1 Å². The molecule has 3 heterocycles. The molecule has 2 amide bonds. The summed E-state index contributed by atoms with van der Waals surface area (Å²) in [4.78, 5) is 18.9. The Kier molecular flexibility index (Phi) is 5.03. The van der Waals surface area contributed by atoms with Crippen LogP contribution in [0.2, 0.25) is 0 Å². The molecule has 1 aromatic rings. The molecule has 1 atom stereocenters. The minimum absolute atomic E-state index is 0.126. The van der Waals surface area contributed by atoms with Crippen molar-refractivity contribution in [1.82, 2.24) is 14.7 Å². The first-order valence-corrected chi connectivity index (χ1v) is 9.45. The van der Waals surface area contributed by atoms with Crippen LogP contribution in [0, 0.1) is 0 Å². The molecule has 0 aliphatic carbocycles. The number of hydrogen-bond donors (Lipinski definition) is 0. The summed E-state index contributed by atoms with van der Waals surface area (Å²) in [5.74, 6) is 0. The largest absolute Gasteiger partial charge is 0.416 e. The normalized spacial score (nSPS) is 25.1. The van der Waals surface area contributed by atoms with Gasteiger partial charge in [-0.3, -0.25) is 4.90 Å². The molecule has 0 saturated carbocycles. The van der Waals surface area contributed by atoms with Crippen LogP contribution in [-0.2, 0) is 17.5 Å². The van der Waals surface area contributed by atoms with E-state index in [-0.39, 0.29) is 18.1 Å². The van der Waals surface area contributed by atoms with Crippen LogP contribution in [0.4, 0.5) is 18.0 Å². The Morgan fingerprint density at radius 2 is 1.67 bits per heavy atom. The fourth-order valence-electron chi connectivity index (χ4n) is 4.30. The van der Waals surface area contributed by atoms with Crippen LogP contribution in [0.25, 0.3) is 0 Å². The van der Waals surface area contributed by atoms with Crippen molar-refractivity contribution < 1.29 is 22.7 Å². The summed E-state index contributed by atoms with van der Waals surface area (Å²) in [7, 11) is 0. The molecule has 3 aliphatic rings. The Morgan fingerprint density at radius 1 is 0.963 bits per heavy atom. The maximum Gasteiger partial charge on any atom is 0.416 e. The second-order valence-corrected chi connectivity index (χ2v) is 7.56. The molecule has 0 N–H and O–H groups in total. The summed E-state index contributed by atoms with van der Waals surface area (Å²) in [6, 6.07) is 5.91. The lowest BCUT2D eigenvalue weighted by Gasteiger charge is -2.36. The third kappa shape index (κ3) is 3.91. The van der Waals surface area contributed by atoms with E-state index in [2.05, 4.69) is 4.90 Å². The number of alkyl halides is 3. The third-order valence-electron chi connectivity index (χ3n) is 5.78. The Morgan fingerprint density at radius 3 is 2.33 bits per heavy atom. The van der Waals surface area contributed by atoms with Crippen molar-refractivity contribution in [3.8, 4) is 0 Å². The zero-order chi connectivity index (χ0) is 19.0. The van der Waals surface area contributed by atoms with Crippen molar-refractivity contribution >= 4 is 6.03 Å². The van der Waals surface area contributed by atoms with Gasteiger partial charge < -0.3 is 14.5 Å². The lowest BCUT2D eigenvalue weighted by Crippen LogP contribution is -2.51. The van der Waals surface area contributed by atoms with E-state index in [9.17, 15) is 18.0 Å². The van der Waals surface area contributed by atoms with Crippen molar-refractivity contribution in [2.45, 2.75) is 37.6 Å². The van der Waals surface area contributed by atoms with Gasteiger partial charge in [0.05, 0.1) is 11.6 Å². The van der Waals surface area contributed by atoms with Gasteiger partial charge in [0.1, 0.15) is 0 Å². The molecule has 0 radical (unpaired) electrons. The number of piperazine rings is 1. The molecule has 3 saturated heterocycles. The molecular weight excluding hydrogens is 359 g/mol. The molecule has 5 nitrogen and oxygen atoms in total. The first kappa shape index (κ1) is 18.6. The standard InChI is InChI=1S/C19H24F3N3O2/c20-19(21,22)15-3-1-14(2-4-15)11-23-7-8-24-17(12-23)13-25(18(24)26)16-5-9-27-10-6-16/h1-4,16-17H,5-13H2/t17-/m1/s1. The number of fused-ring (bicyclic) bond motifs is 1. The number of benzene rings is 1. The van der Waals surface area contributed by atoms with Gasteiger partial charge in [0.25, 0.3) is 0 Å². The Bertz CT molecular complexity index is 674. The average molecular weight is 383 g/mol. The smallest absolute Gasteiger partial charge is 0.381 e. The fraction of sp³-hybridized carbons (Fsp3) is 0.632. The van der Waals surface area contributed by atoms with Crippen molar-refractivity contribution in [3.63, 3.8) is 0 Å². The van der Waals surface area contributed by atoms with E-state index >= 15 is 0 Å². The predicted molar refractivity (Wildman–Crippen MR) is 93.2 cm³/mol. The monoisotopic (exact) mass is 383 g/mol. The van der Waals surface area contributed by atoms with E-state index in [0.29, 0.717) is 26.3 Å². The van der Waals surface area contributed by atoms with E-state index in [1.807, 2.05) is 9.80 Å². The van der Waals surface area contributed by atoms with Crippen molar-refractivity contribution in [1.29, 1.82) is 0 Å². The van der Waals surface area contributed by atoms with Crippen LogP contribution in [0.5, 0.6) is 0 Å². The van der Waals surface area contributed by atoms with Gasteiger partial charge in [0.15, 0.2) is 0 Å². The second-order valence-electron chi connectivity index (χ2n) is 7.56. The van der Waals surface area contributed by atoms with E-state index < -0.39 is 11.7 Å². The maximum absolute atomic E-state index is 12.7. The number of carbonyl (C=O) groups is 1. The number of hydrogen-bond acceptors (Lipinski definition) is 3. The molecule has 4 rings (SSSR count). The van der Waals surface area contributed by atoms with E-state index in [1.165, 1.54) is 0 Å². The Balaban J connectivity index is 1.36.